The Kier molecular flexibility index (Phi) is 4.45. The van der Waals surface area contributed by atoms with Gasteiger partial charge in [0, 0.05) is 29.7 Å². The molecule has 5 nitrogen and oxygen atoms in total. The molecule has 0 aliphatic heterocycles. The molecule has 0 atom stereocenters. The van der Waals surface area contributed by atoms with E-state index in [1.165, 1.54) is 6.07 Å². The highest BCUT2D eigenvalue weighted by molar-refractivity contribution is 6.30. The Morgan fingerprint density at radius 1 is 1.53 bits per heavy atom. The number of aliphatic hydroxyl groups is 1. The van der Waals surface area contributed by atoms with Crippen LogP contribution in [0.2, 0.25) is 5.02 Å². The minimum atomic E-state index is -0.846. The first-order valence-electron chi connectivity index (χ1n) is 5.15. The minimum absolute atomic E-state index is 0.0132. The Morgan fingerprint density at radius 2 is 2.18 bits per heavy atom. The Hall–Kier alpha value is -1.17. The summed E-state index contributed by atoms with van der Waals surface area (Å²) in [5.41, 5.74) is -0.314. The smallest absolute Gasteiger partial charge is 0.275 e. The summed E-state index contributed by atoms with van der Waals surface area (Å²) in [5.74, 6) is 0. The van der Waals surface area contributed by atoms with E-state index in [-0.39, 0.29) is 5.69 Å². The van der Waals surface area contributed by atoms with E-state index in [0.717, 1.165) is 0 Å². The van der Waals surface area contributed by atoms with Crippen LogP contribution < -0.4 is 5.32 Å². The van der Waals surface area contributed by atoms with Crippen molar-refractivity contribution in [2.24, 2.45) is 0 Å². The van der Waals surface area contributed by atoms with Crippen LogP contribution in [0.5, 0.6) is 0 Å². The fourth-order valence-corrected chi connectivity index (χ4v) is 1.53. The first kappa shape index (κ1) is 13.9. The number of nitrogens with zero attached hydrogens (tertiary/aromatic N) is 1. The highest BCUT2D eigenvalue weighted by Crippen LogP contribution is 2.23. The van der Waals surface area contributed by atoms with Crippen LogP contribution in [0, 0.1) is 10.1 Å². The lowest BCUT2D eigenvalue weighted by Crippen LogP contribution is -2.34. The Bertz CT molecular complexity index is 416. The van der Waals surface area contributed by atoms with E-state index in [9.17, 15) is 15.2 Å². The molecule has 0 aliphatic carbocycles. The molecule has 0 amide bonds. The molecule has 0 saturated carbocycles. The van der Waals surface area contributed by atoms with Gasteiger partial charge in [-0.25, -0.2) is 0 Å². The molecule has 0 bridgehead atoms. The predicted molar refractivity (Wildman–Crippen MR) is 66.1 cm³/mol. The van der Waals surface area contributed by atoms with E-state index in [4.69, 9.17) is 11.6 Å². The summed E-state index contributed by atoms with van der Waals surface area (Å²) >= 11 is 5.70. The van der Waals surface area contributed by atoms with Crippen LogP contribution in [0.15, 0.2) is 18.2 Å². The second kappa shape index (κ2) is 5.44. The van der Waals surface area contributed by atoms with E-state index in [1.807, 2.05) is 0 Å². The lowest BCUT2D eigenvalue weighted by molar-refractivity contribution is -0.385. The van der Waals surface area contributed by atoms with E-state index >= 15 is 0 Å². The van der Waals surface area contributed by atoms with Gasteiger partial charge >= 0.3 is 0 Å². The van der Waals surface area contributed by atoms with Crippen LogP contribution in [0.25, 0.3) is 0 Å². The molecule has 17 heavy (non-hydrogen) atoms. The van der Waals surface area contributed by atoms with Crippen LogP contribution in [0.1, 0.15) is 19.4 Å². The summed E-state index contributed by atoms with van der Waals surface area (Å²) in [6.45, 7) is 4.00. The van der Waals surface area contributed by atoms with E-state index in [2.05, 4.69) is 5.32 Å². The van der Waals surface area contributed by atoms with Crippen molar-refractivity contribution in [2.75, 3.05) is 6.54 Å². The van der Waals surface area contributed by atoms with Crippen molar-refractivity contribution >= 4 is 17.3 Å². The second-order valence-electron chi connectivity index (χ2n) is 4.45. The Balaban J connectivity index is 2.74. The largest absolute Gasteiger partial charge is 0.389 e. The summed E-state index contributed by atoms with van der Waals surface area (Å²) in [4.78, 5) is 10.3. The maximum atomic E-state index is 10.8. The molecule has 1 aromatic carbocycles. The zero-order valence-electron chi connectivity index (χ0n) is 9.74. The summed E-state index contributed by atoms with van der Waals surface area (Å²) < 4.78 is 0. The number of halogens is 1. The number of nitro benzene ring substituents is 1. The molecule has 2 N–H and O–H groups in total. The van der Waals surface area contributed by atoms with E-state index in [1.54, 1.807) is 26.0 Å². The number of rotatable bonds is 5. The lowest BCUT2D eigenvalue weighted by Gasteiger charge is -2.17. The van der Waals surface area contributed by atoms with Crippen LogP contribution in [-0.2, 0) is 6.54 Å². The first-order valence-corrected chi connectivity index (χ1v) is 5.53. The van der Waals surface area contributed by atoms with Crippen molar-refractivity contribution in [2.45, 2.75) is 26.0 Å². The molecule has 0 aromatic heterocycles. The van der Waals surface area contributed by atoms with Gasteiger partial charge in [0.05, 0.1) is 10.5 Å². The van der Waals surface area contributed by atoms with Gasteiger partial charge in [-0.2, -0.15) is 0 Å². The molecule has 0 unspecified atom stereocenters. The zero-order valence-corrected chi connectivity index (χ0v) is 10.5. The second-order valence-corrected chi connectivity index (χ2v) is 4.88. The maximum Gasteiger partial charge on any atom is 0.275 e. The molecule has 0 heterocycles. The lowest BCUT2D eigenvalue weighted by atomic mass is 10.1. The van der Waals surface area contributed by atoms with Gasteiger partial charge < -0.3 is 10.4 Å². The molecular formula is C11H15ClN2O3. The highest BCUT2D eigenvalue weighted by atomic mass is 35.5. The fourth-order valence-electron chi connectivity index (χ4n) is 1.36. The van der Waals surface area contributed by atoms with Crippen molar-refractivity contribution in [1.82, 2.24) is 5.32 Å². The summed E-state index contributed by atoms with van der Waals surface area (Å²) in [6.07, 6.45) is 0. The van der Waals surface area contributed by atoms with Gasteiger partial charge in [-0.15, -0.1) is 0 Å². The molecule has 6 heteroatoms. The molecule has 1 aromatic rings. The van der Waals surface area contributed by atoms with Gasteiger partial charge in [0.2, 0.25) is 0 Å². The van der Waals surface area contributed by atoms with Crippen LogP contribution >= 0.6 is 11.6 Å². The van der Waals surface area contributed by atoms with Crippen LogP contribution in [0.3, 0.4) is 0 Å². The molecule has 94 valence electrons. The van der Waals surface area contributed by atoms with Crippen molar-refractivity contribution in [1.29, 1.82) is 0 Å². The van der Waals surface area contributed by atoms with E-state index < -0.39 is 10.5 Å². The number of nitrogens with one attached hydrogen (secondary N) is 1. The number of hydrogen-bond donors (Lipinski definition) is 2. The van der Waals surface area contributed by atoms with Gasteiger partial charge in [0.15, 0.2) is 0 Å². The molecule has 0 saturated heterocycles. The first-order chi connectivity index (χ1) is 7.79. The van der Waals surface area contributed by atoms with Crippen LogP contribution in [0.4, 0.5) is 5.69 Å². The van der Waals surface area contributed by atoms with Crippen LogP contribution in [-0.4, -0.2) is 22.2 Å². The molecule has 1 rings (SSSR count). The Morgan fingerprint density at radius 3 is 2.71 bits per heavy atom. The topological polar surface area (TPSA) is 75.4 Å². The third kappa shape index (κ3) is 4.68. The monoisotopic (exact) mass is 258 g/mol. The summed E-state index contributed by atoms with van der Waals surface area (Å²) in [5, 5.41) is 23.6. The quantitative estimate of drug-likeness (QED) is 0.627. The standard InChI is InChI=1S/C11H15ClN2O3/c1-11(2,15)7-13-6-8-3-4-9(12)5-10(8)14(16)17/h3-5,13,15H,6-7H2,1-2H3. The fraction of sp³-hybridized carbons (Fsp3) is 0.455. The molecule has 0 spiro atoms. The van der Waals surface area contributed by atoms with Crippen molar-refractivity contribution in [3.63, 3.8) is 0 Å². The normalized spacial score (nSPS) is 11.5. The van der Waals surface area contributed by atoms with E-state index in [0.29, 0.717) is 23.7 Å². The molecule has 0 radical (unpaired) electrons. The predicted octanol–water partition coefficient (Wildman–Crippen LogP) is 2.11. The minimum Gasteiger partial charge on any atom is -0.389 e. The molecule has 0 aliphatic rings. The maximum absolute atomic E-state index is 10.8. The highest BCUT2D eigenvalue weighted by Gasteiger charge is 2.16. The van der Waals surface area contributed by atoms with Crippen molar-refractivity contribution < 1.29 is 10.0 Å². The SMILES string of the molecule is CC(C)(O)CNCc1ccc(Cl)cc1[N+](=O)[O-]. The number of benzene rings is 1. The zero-order chi connectivity index (χ0) is 13.1. The van der Waals surface area contributed by atoms with Crippen molar-refractivity contribution in [3.05, 3.63) is 38.9 Å². The molecular weight excluding hydrogens is 244 g/mol. The summed E-state index contributed by atoms with van der Waals surface area (Å²) in [6, 6.07) is 4.54. The van der Waals surface area contributed by atoms with Gasteiger partial charge in [-0.1, -0.05) is 11.6 Å². The van der Waals surface area contributed by atoms with Gasteiger partial charge in [0.25, 0.3) is 5.69 Å². The average Bonchev–Trinajstić information content (AvgIpc) is 2.18. The third-order valence-electron chi connectivity index (χ3n) is 2.12. The van der Waals surface area contributed by atoms with Gasteiger partial charge in [0.1, 0.15) is 0 Å². The molecule has 0 fully saturated rings. The Labute approximate surface area is 105 Å². The number of nitro groups is 1. The summed E-state index contributed by atoms with van der Waals surface area (Å²) in [7, 11) is 0. The third-order valence-corrected chi connectivity index (χ3v) is 2.35. The average molecular weight is 259 g/mol. The van der Waals surface area contributed by atoms with Gasteiger partial charge in [-0.05, 0) is 26.0 Å². The number of hydrogen-bond acceptors (Lipinski definition) is 4. The van der Waals surface area contributed by atoms with Gasteiger partial charge in [-0.3, -0.25) is 10.1 Å². The van der Waals surface area contributed by atoms with Crippen molar-refractivity contribution in [3.8, 4) is 0 Å².